The molecule has 5 heteroatoms. The molecule has 2 aliphatic heterocycles. The van der Waals surface area contributed by atoms with Gasteiger partial charge in [-0.05, 0) is 18.2 Å². The zero-order valence-electron chi connectivity index (χ0n) is 14.5. The van der Waals surface area contributed by atoms with E-state index >= 15 is 0 Å². The molecule has 0 N–H and O–H groups in total. The van der Waals surface area contributed by atoms with Crippen molar-refractivity contribution in [2.24, 2.45) is 11.8 Å². The van der Waals surface area contributed by atoms with Gasteiger partial charge in [0.05, 0.1) is 26.4 Å². The van der Waals surface area contributed by atoms with Crippen LogP contribution in [0.3, 0.4) is 0 Å². The summed E-state index contributed by atoms with van der Waals surface area (Å²) >= 11 is 0. The fourth-order valence-corrected chi connectivity index (χ4v) is 3.89. The largest absolute Gasteiger partial charge is 0.496 e. The van der Waals surface area contributed by atoms with Crippen molar-refractivity contribution >= 4 is 0 Å². The lowest BCUT2D eigenvalue weighted by Crippen LogP contribution is -2.26. The van der Waals surface area contributed by atoms with Crippen molar-refractivity contribution in [1.82, 2.24) is 9.88 Å². The Labute approximate surface area is 148 Å². The Balaban J connectivity index is 1.35. The first-order valence-corrected chi connectivity index (χ1v) is 8.82. The van der Waals surface area contributed by atoms with E-state index in [1.807, 2.05) is 24.3 Å². The van der Waals surface area contributed by atoms with Crippen molar-refractivity contribution in [1.29, 1.82) is 0 Å². The van der Waals surface area contributed by atoms with Crippen molar-refractivity contribution in [3.05, 3.63) is 54.4 Å². The highest BCUT2D eigenvalue weighted by atomic mass is 16.5. The molecule has 25 heavy (non-hydrogen) atoms. The highest BCUT2D eigenvalue weighted by Crippen LogP contribution is 2.35. The van der Waals surface area contributed by atoms with Crippen LogP contribution in [0.4, 0.5) is 0 Å². The van der Waals surface area contributed by atoms with Gasteiger partial charge in [0.15, 0.2) is 0 Å². The molecule has 132 valence electrons. The number of pyridine rings is 1. The molecule has 0 aliphatic carbocycles. The summed E-state index contributed by atoms with van der Waals surface area (Å²) in [6, 6.07) is 12.0. The molecule has 2 aliphatic rings. The smallest absolute Gasteiger partial charge is 0.123 e. The lowest BCUT2D eigenvalue weighted by molar-refractivity contribution is 0.0896. The Hall–Kier alpha value is -2.11. The lowest BCUT2D eigenvalue weighted by Gasteiger charge is -2.20. The van der Waals surface area contributed by atoms with Gasteiger partial charge in [0.1, 0.15) is 11.5 Å². The zero-order chi connectivity index (χ0) is 17.1. The summed E-state index contributed by atoms with van der Waals surface area (Å²) in [5.41, 5.74) is 1.23. The van der Waals surface area contributed by atoms with E-state index < -0.39 is 0 Å². The molecule has 1 aromatic carbocycles. The monoisotopic (exact) mass is 340 g/mol. The van der Waals surface area contributed by atoms with Crippen molar-refractivity contribution in [3.8, 4) is 11.5 Å². The van der Waals surface area contributed by atoms with Crippen molar-refractivity contribution in [2.75, 3.05) is 33.4 Å². The van der Waals surface area contributed by atoms with Crippen LogP contribution in [0.25, 0.3) is 0 Å². The first-order chi connectivity index (χ1) is 12.3. The topological polar surface area (TPSA) is 43.8 Å². The molecule has 4 rings (SSSR count). The van der Waals surface area contributed by atoms with Crippen LogP contribution in [0.1, 0.15) is 5.56 Å². The average molecular weight is 340 g/mol. The number of aromatic nitrogens is 1. The van der Waals surface area contributed by atoms with Crippen LogP contribution in [-0.2, 0) is 11.3 Å². The van der Waals surface area contributed by atoms with E-state index in [0.29, 0.717) is 24.5 Å². The van der Waals surface area contributed by atoms with Gasteiger partial charge in [0, 0.05) is 49.4 Å². The molecule has 0 unspecified atom stereocenters. The molecule has 2 saturated heterocycles. The van der Waals surface area contributed by atoms with E-state index in [2.05, 4.69) is 22.0 Å². The second kappa shape index (κ2) is 7.42. The summed E-state index contributed by atoms with van der Waals surface area (Å²) < 4.78 is 17.4. The molecule has 2 fully saturated rings. The van der Waals surface area contributed by atoms with Crippen molar-refractivity contribution in [2.45, 2.75) is 12.6 Å². The summed E-state index contributed by atoms with van der Waals surface area (Å²) in [5.74, 6) is 2.82. The van der Waals surface area contributed by atoms with Gasteiger partial charge in [-0.25, -0.2) is 0 Å². The fourth-order valence-electron chi connectivity index (χ4n) is 3.89. The van der Waals surface area contributed by atoms with Crippen LogP contribution in [0.5, 0.6) is 11.5 Å². The molecule has 0 saturated carbocycles. The molecule has 3 heterocycles. The maximum atomic E-state index is 6.04. The molecule has 0 bridgehead atoms. The molecule has 0 radical (unpaired) electrons. The number of methoxy groups -OCH3 is 1. The summed E-state index contributed by atoms with van der Waals surface area (Å²) in [6.45, 7) is 4.43. The molecular weight excluding hydrogens is 316 g/mol. The fraction of sp³-hybridized carbons (Fsp3) is 0.450. The minimum atomic E-state index is 0.320. The molecule has 3 atom stereocenters. The number of hydrogen-bond acceptors (Lipinski definition) is 5. The third-order valence-corrected chi connectivity index (χ3v) is 5.21. The number of para-hydroxylation sites is 1. The third-order valence-electron chi connectivity index (χ3n) is 5.21. The van der Waals surface area contributed by atoms with Crippen LogP contribution in [0, 0.1) is 11.8 Å². The van der Waals surface area contributed by atoms with E-state index in [1.165, 1.54) is 5.56 Å². The Morgan fingerprint density at radius 1 is 1.16 bits per heavy atom. The zero-order valence-corrected chi connectivity index (χ0v) is 14.5. The molecule has 1 aromatic heterocycles. The Kier molecular flexibility index (Phi) is 4.85. The van der Waals surface area contributed by atoms with Gasteiger partial charge in [0.25, 0.3) is 0 Å². The van der Waals surface area contributed by atoms with E-state index in [1.54, 1.807) is 19.5 Å². The third kappa shape index (κ3) is 3.62. The maximum Gasteiger partial charge on any atom is 0.123 e. The minimum Gasteiger partial charge on any atom is -0.496 e. The minimum absolute atomic E-state index is 0.320. The summed E-state index contributed by atoms with van der Waals surface area (Å²) in [5, 5.41) is 0. The van der Waals surface area contributed by atoms with Gasteiger partial charge in [0.2, 0.25) is 0 Å². The lowest BCUT2D eigenvalue weighted by atomic mass is 9.94. The summed E-state index contributed by atoms with van der Waals surface area (Å²) in [6.07, 6.45) is 3.84. The van der Waals surface area contributed by atoms with Crippen LogP contribution in [-0.4, -0.2) is 49.4 Å². The summed E-state index contributed by atoms with van der Waals surface area (Å²) in [7, 11) is 1.73. The van der Waals surface area contributed by atoms with Crippen molar-refractivity contribution < 1.29 is 14.2 Å². The predicted molar refractivity (Wildman–Crippen MR) is 94.7 cm³/mol. The van der Waals surface area contributed by atoms with Crippen LogP contribution in [0.2, 0.25) is 0 Å². The number of nitrogens with zero attached hydrogens (tertiary/aromatic N) is 2. The van der Waals surface area contributed by atoms with E-state index in [4.69, 9.17) is 14.2 Å². The van der Waals surface area contributed by atoms with E-state index in [9.17, 15) is 0 Å². The number of ether oxygens (including phenoxy) is 3. The Morgan fingerprint density at radius 3 is 2.84 bits per heavy atom. The average Bonchev–Trinajstić information content (AvgIpc) is 3.22. The molecule has 0 spiro atoms. The van der Waals surface area contributed by atoms with Gasteiger partial charge in [-0.3, -0.25) is 9.88 Å². The first-order valence-electron chi connectivity index (χ1n) is 8.82. The second-order valence-corrected chi connectivity index (χ2v) is 6.80. The number of benzene rings is 1. The van der Waals surface area contributed by atoms with Gasteiger partial charge in [-0.2, -0.15) is 0 Å². The van der Waals surface area contributed by atoms with Crippen LogP contribution < -0.4 is 9.47 Å². The van der Waals surface area contributed by atoms with E-state index in [0.717, 1.165) is 37.7 Å². The molecule has 5 nitrogen and oxygen atoms in total. The standard InChI is InChI=1S/C20H24N2O3/c1-23-19-5-3-2-4-15(19)10-22-11-18-16(14-25-20(18)12-22)13-24-17-6-8-21-9-7-17/h2-9,16,18,20H,10-14H2,1H3/t16-,18-,20-/m1/s1. The SMILES string of the molecule is COc1ccccc1CN1C[C@@H]2[C@H](COc3ccncc3)CO[C@@H]2C1. The highest BCUT2D eigenvalue weighted by molar-refractivity contribution is 5.33. The van der Waals surface area contributed by atoms with Crippen LogP contribution in [0.15, 0.2) is 48.8 Å². The van der Waals surface area contributed by atoms with Gasteiger partial charge in [-0.1, -0.05) is 18.2 Å². The second-order valence-electron chi connectivity index (χ2n) is 6.80. The summed E-state index contributed by atoms with van der Waals surface area (Å²) in [4.78, 5) is 6.48. The normalized spacial score (nSPS) is 25.7. The molecular formula is C20H24N2O3. The van der Waals surface area contributed by atoms with Gasteiger partial charge < -0.3 is 14.2 Å². The number of likely N-dealkylation sites (tertiary alicyclic amines) is 1. The Bertz CT molecular complexity index is 694. The van der Waals surface area contributed by atoms with Crippen molar-refractivity contribution in [3.63, 3.8) is 0 Å². The maximum absolute atomic E-state index is 6.04. The number of fused-ring (bicyclic) bond motifs is 1. The number of hydrogen-bond donors (Lipinski definition) is 0. The van der Waals surface area contributed by atoms with Crippen LogP contribution >= 0.6 is 0 Å². The Morgan fingerprint density at radius 2 is 2.00 bits per heavy atom. The molecule has 0 amide bonds. The quantitative estimate of drug-likeness (QED) is 0.809. The van der Waals surface area contributed by atoms with Gasteiger partial charge in [-0.15, -0.1) is 0 Å². The number of rotatable bonds is 6. The van der Waals surface area contributed by atoms with E-state index in [-0.39, 0.29) is 0 Å². The van der Waals surface area contributed by atoms with Gasteiger partial charge >= 0.3 is 0 Å². The molecule has 2 aromatic rings. The highest BCUT2D eigenvalue weighted by Gasteiger charge is 2.44. The predicted octanol–water partition coefficient (Wildman–Crippen LogP) is 2.62. The first kappa shape index (κ1) is 16.4.